The van der Waals surface area contributed by atoms with Crippen LogP contribution in [0.1, 0.15) is 15.9 Å². The van der Waals surface area contributed by atoms with Crippen molar-refractivity contribution in [3.8, 4) is 5.75 Å². The summed E-state index contributed by atoms with van der Waals surface area (Å²) in [7, 11) is 0. The monoisotopic (exact) mass is 476 g/mol. The van der Waals surface area contributed by atoms with Gasteiger partial charge < -0.3 is 14.5 Å². The van der Waals surface area contributed by atoms with E-state index in [9.17, 15) is 14.9 Å². The topological polar surface area (TPSA) is 88.0 Å². The Bertz CT molecular complexity index is 1160. The summed E-state index contributed by atoms with van der Waals surface area (Å²) in [5, 5.41) is 14.0. The number of hydrogen-bond acceptors (Lipinski definition) is 6. The summed E-state index contributed by atoms with van der Waals surface area (Å²) in [4.78, 5) is 27.3. The number of ether oxygens (including phenoxy) is 1. The predicted molar refractivity (Wildman–Crippen MR) is 134 cm³/mol. The van der Waals surface area contributed by atoms with Crippen molar-refractivity contribution in [2.75, 3.05) is 31.1 Å². The summed E-state index contributed by atoms with van der Waals surface area (Å²) in [5.74, 6) is 0.326. The van der Waals surface area contributed by atoms with Crippen LogP contribution in [-0.4, -0.2) is 47.0 Å². The highest BCUT2D eigenvalue weighted by Gasteiger charge is 2.21. The molecule has 4 rings (SSSR count). The van der Waals surface area contributed by atoms with Crippen molar-refractivity contribution in [1.29, 1.82) is 0 Å². The Kier molecular flexibility index (Phi) is 7.34. The molecule has 0 aromatic heterocycles. The van der Waals surface area contributed by atoms with E-state index < -0.39 is 4.92 Å². The number of anilines is 1. The number of carbonyl (C=O) groups is 1. The maximum Gasteiger partial charge on any atom is 0.269 e. The van der Waals surface area contributed by atoms with Gasteiger partial charge in [-0.3, -0.25) is 20.2 Å². The van der Waals surface area contributed by atoms with Gasteiger partial charge in [-0.25, -0.2) is 0 Å². The van der Waals surface area contributed by atoms with E-state index in [1.165, 1.54) is 12.1 Å². The maximum atomic E-state index is 12.8. The molecule has 8 nitrogen and oxygen atoms in total. The molecule has 0 aliphatic carbocycles. The first kappa shape index (κ1) is 23.2. The first-order chi connectivity index (χ1) is 16.5. The number of amides is 1. The molecule has 3 aromatic carbocycles. The maximum absolute atomic E-state index is 12.8. The number of nitrogens with one attached hydrogen (secondary N) is 1. The second-order valence-electron chi connectivity index (χ2n) is 7.81. The zero-order chi connectivity index (χ0) is 23.9. The van der Waals surface area contributed by atoms with Crippen LogP contribution in [0, 0.1) is 10.1 Å². The molecule has 3 aromatic rings. The highest BCUT2D eigenvalue weighted by Crippen LogP contribution is 2.21. The molecule has 174 valence electrons. The van der Waals surface area contributed by atoms with Crippen LogP contribution in [0.5, 0.6) is 5.75 Å². The van der Waals surface area contributed by atoms with E-state index in [2.05, 4.69) is 10.2 Å². The zero-order valence-corrected chi connectivity index (χ0v) is 19.2. The molecular formula is C25H24N4O4S. The molecule has 1 saturated heterocycles. The minimum Gasteiger partial charge on any atom is -0.489 e. The third-order valence-electron chi connectivity index (χ3n) is 5.56. The van der Waals surface area contributed by atoms with Crippen LogP contribution in [0.15, 0.2) is 78.9 Å². The van der Waals surface area contributed by atoms with E-state index in [1.54, 1.807) is 30.3 Å². The molecule has 1 aliphatic rings. The summed E-state index contributed by atoms with van der Waals surface area (Å²) in [5.41, 5.74) is 2.51. The Balaban J connectivity index is 1.28. The zero-order valence-electron chi connectivity index (χ0n) is 18.4. The van der Waals surface area contributed by atoms with Gasteiger partial charge in [0.1, 0.15) is 12.4 Å². The Morgan fingerprint density at radius 3 is 2.35 bits per heavy atom. The Labute approximate surface area is 202 Å². The summed E-state index contributed by atoms with van der Waals surface area (Å²) in [6.07, 6.45) is 0. The van der Waals surface area contributed by atoms with Gasteiger partial charge in [0.2, 0.25) is 0 Å². The van der Waals surface area contributed by atoms with Gasteiger partial charge in [-0.2, -0.15) is 0 Å². The Morgan fingerprint density at radius 1 is 0.971 bits per heavy atom. The SMILES string of the molecule is O=C(NC(=S)N1CCN(c2ccc([N+](=O)[O-])cc2)CC1)c1cccc(OCc2ccccc2)c1. The predicted octanol–water partition coefficient (Wildman–Crippen LogP) is 4.01. The molecule has 0 bridgehead atoms. The van der Waals surface area contributed by atoms with Gasteiger partial charge in [0.05, 0.1) is 4.92 Å². The highest BCUT2D eigenvalue weighted by molar-refractivity contribution is 7.80. The second-order valence-corrected chi connectivity index (χ2v) is 8.20. The minimum absolute atomic E-state index is 0.0702. The lowest BCUT2D eigenvalue weighted by Crippen LogP contribution is -2.52. The van der Waals surface area contributed by atoms with Crippen LogP contribution in [0.25, 0.3) is 0 Å². The normalized spacial score (nSPS) is 13.3. The first-order valence-corrected chi connectivity index (χ1v) is 11.3. The van der Waals surface area contributed by atoms with E-state index in [1.807, 2.05) is 41.3 Å². The number of carbonyl (C=O) groups excluding carboxylic acids is 1. The second kappa shape index (κ2) is 10.8. The summed E-state index contributed by atoms with van der Waals surface area (Å²) in [6.45, 7) is 3.07. The molecule has 34 heavy (non-hydrogen) atoms. The molecule has 0 atom stereocenters. The molecule has 1 N–H and O–H groups in total. The molecule has 1 fully saturated rings. The number of hydrogen-bond donors (Lipinski definition) is 1. The van der Waals surface area contributed by atoms with Crippen LogP contribution in [-0.2, 0) is 6.61 Å². The fourth-order valence-corrected chi connectivity index (χ4v) is 3.94. The molecule has 1 aliphatic heterocycles. The van der Waals surface area contributed by atoms with Crippen molar-refractivity contribution in [2.45, 2.75) is 6.61 Å². The third-order valence-corrected chi connectivity index (χ3v) is 5.92. The number of benzene rings is 3. The van der Waals surface area contributed by atoms with E-state index in [0.717, 1.165) is 11.3 Å². The van der Waals surface area contributed by atoms with Crippen molar-refractivity contribution in [2.24, 2.45) is 0 Å². The summed E-state index contributed by atoms with van der Waals surface area (Å²) >= 11 is 5.47. The van der Waals surface area contributed by atoms with Crippen LogP contribution in [0.2, 0.25) is 0 Å². The Hall–Kier alpha value is -3.98. The van der Waals surface area contributed by atoms with E-state index >= 15 is 0 Å². The Morgan fingerprint density at radius 2 is 1.68 bits per heavy atom. The fraction of sp³-hybridized carbons (Fsp3) is 0.200. The summed E-state index contributed by atoms with van der Waals surface area (Å²) < 4.78 is 5.81. The summed E-state index contributed by atoms with van der Waals surface area (Å²) in [6, 6.07) is 23.4. The van der Waals surface area contributed by atoms with Gasteiger partial charge in [-0.05, 0) is 48.1 Å². The number of non-ortho nitro benzene ring substituents is 1. The lowest BCUT2D eigenvalue weighted by atomic mass is 10.2. The number of thiocarbonyl (C=S) groups is 1. The van der Waals surface area contributed by atoms with E-state index in [-0.39, 0.29) is 11.6 Å². The number of nitro benzene ring substituents is 1. The molecule has 0 spiro atoms. The highest BCUT2D eigenvalue weighted by atomic mass is 32.1. The van der Waals surface area contributed by atoms with Crippen LogP contribution in [0.4, 0.5) is 11.4 Å². The third kappa shape index (κ3) is 5.87. The van der Waals surface area contributed by atoms with Gasteiger partial charge in [-0.15, -0.1) is 0 Å². The molecule has 0 unspecified atom stereocenters. The lowest BCUT2D eigenvalue weighted by Gasteiger charge is -2.37. The molecular weight excluding hydrogens is 452 g/mol. The van der Waals surface area contributed by atoms with Crippen LogP contribution in [0.3, 0.4) is 0 Å². The molecule has 1 amide bonds. The molecule has 1 heterocycles. The first-order valence-electron chi connectivity index (χ1n) is 10.9. The van der Waals surface area contributed by atoms with Crippen molar-refractivity contribution in [1.82, 2.24) is 10.2 Å². The number of piperazine rings is 1. The average Bonchev–Trinajstić information content (AvgIpc) is 2.88. The standard InChI is InChI=1S/C25H24N4O4S/c30-24(20-7-4-8-23(17-20)33-18-19-5-2-1-3-6-19)26-25(34)28-15-13-27(14-16-28)21-9-11-22(12-10-21)29(31)32/h1-12,17H,13-16,18H2,(H,26,30,34). The average molecular weight is 477 g/mol. The largest absolute Gasteiger partial charge is 0.489 e. The van der Waals surface area contributed by atoms with Gasteiger partial charge in [0.25, 0.3) is 11.6 Å². The van der Waals surface area contributed by atoms with Gasteiger partial charge in [0.15, 0.2) is 5.11 Å². The molecule has 0 radical (unpaired) electrons. The fourth-order valence-electron chi connectivity index (χ4n) is 3.67. The number of nitro groups is 1. The smallest absolute Gasteiger partial charge is 0.269 e. The quantitative estimate of drug-likeness (QED) is 0.327. The molecule has 0 saturated carbocycles. The van der Waals surface area contributed by atoms with Gasteiger partial charge in [-0.1, -0.05) is 36.4 Å². The van der Waals surface area contributed by atoms with Crippen LogP contribution >= 0.6 is 12.2 Å². The van der Waals surface area contributed by atoms with Gasteiger partial charge in [0, 0.05) is 49.6 Å². The van der Waals surface area contributed by atoms with Crippen molar-refractivity contribution >= 4 is 34.6 Å². The number of nitrogens with zero attached hydrogens (tertiary/aromatic N) is 3. The van der Waals surface area contributed by atoms with Crippen molar-refractivity contribution in [3.05, 3.63) is 100 Å². The van der Waals surface area contributed by atoms with Crippen LogP contribution < -0.4 is 15.0 Å². The van der Waals surface area contributed by atoms with Gasteiger partial charge >= 0.3 is 0 Å². The number of rotatable bonds is 6. The van der Waals surface area contributed by atoms with E-state index in [4.69, 9.17) is 17.0 Å². The van der Waals surface area contributed by atoms with Crippen molar-refractivity contribution < 1.29 is 14.5 Å². The minimum atomic E-state index is -0.409. The van der Waals surface area contributed by atoms with E-state index in [0.29, 0.717) is 49.2 Å². The molecule has 9 heteroatoms. The lowest BCUT2D eigenvalue weighted by molar-refractivity contribution is -0.384. The van der Waals surface area contributed by atoms with Crippen molar-refractivity contribution in [3.63, 3.8) is 0 Å².